The Morgan fingerprint density at radius 1 is 1.50 bits per heavy atom. The standard InChI is InChI=1S/C10H12N2O4/c1-3-12(10(15)16-2)8-5-4-7(6-11-8)9(13)14/h4-6H,3H2,1-2H3,(H,13,14). The van der Waals surface area contributed by atoms with Crippen LogP contribution >= 0.6 is 0 Å². The number of anilines is 1. The van der Waals surface area contributed by atoms with Gasteiger partial charge in [-0.05, 0) is 19.1 Å². The van der Waals surface area contributed by atoms with Gasteiger partial charge in [0, 0.05) is 12.7 Å². The highest BCUT2D eigenvalue weighted by molar-refractivity contribution is 5.89. The van der Waals surface area contributed by atoms with E-state index >= 15 is 0 Å². The van der Waals surface area contributed by atoms with Gasteiger partial charge in [-0.15, -0.1) is 0 Å². The molecule has 0 saturated heterocycles. The molecule has 0 saturated carbocycles. The van der Waals surface area contributed by atoms with E-state index < -0.39 is 12.1 Å². The summed E-state index contributed by atoms with van der Waals surface area (Å²) in [5, 5.41) is 8.68. The molecule has 0 aliphatic rings. The Kier molecular flexibility index (Phi) is 3.82. The number of methoxy groups -OCH3 is 1. The van der Waals surface area contributed by atoms with Gasteiger partial charge in [-0.1, -0.05) is 0 Å². The Morgan fingerprint density at radius 3 is 2.56 bits per heavy atom. The molecule has 0 aromatic carbocycles. The maximum absolute atomic E-state index is 11.3. The molecule has 6 nitrogen and oxygen atoms in total. The molecule has 1 N–H and O–H groups in total. The van der Waals surface area contributed by atoms with Crippen LogP contribution in [-0.4, -0.2) is 35.8 Å². The van der Waals surface area contributed by atoms with Gasteiger partial charge in [0.05, 0.1) is 12.7 Å². The van der Waals surface area contributed by atoms with Crippen molar-refractivity contribution in [2.45, 2.75) is 6.92 Å². The number of carboxylic acid groups (broad SMARTS) is 1. The van der Waals surface area contributed by atoms with Crippen molar-refractivity contribution in [3.63, 3.8) is 0 Å². The third kappa shape index (κ3) is 2.47. The minimum Gasteiger partial charge on any atom is -0.478 e. The van der Waals surface area contributed by atoms with Crippen molar-refractivity contribution in [3.05, 3.63) is 23.9 Å². The van der Waals surface area contributed by atoms with Crippen LogP contribution in [0.25, 0.3) is 0 Å². The summed E-state index contributed by atoms with van der Waals surface area (Å²) in [6.45, 7) is 2.16. The Bertz CT molecular complexity index is 388. The number of carbonyl (C=O) groups excluding carboxylic acids is 1. The van der Waals surface area contributed by atoms with Gasteiger partial charge in [-0.2, -0.15) is 0 Å². The van der Waals surface area contributed by atoms with Gasteiger partial charge in [-0.25, -0.2) is 14.6 Å². The van der Waals surface area contributed by atoms with E-state index in [-0.39, 0.29) is 5.56 Å². The molecule has 0 spiro atoms. The van der Waals surface area contributed by atoms with Gasteiger partial charge in [0.25, 0.3) is 0 Å². The van der Waals surface area contributed by atoms with Crippen molar-refractivity contribution >= 4 is 17.9 Å². The Labute approximate surface area is 92.5 Å². The van der Waals surface area contributed by atoms with Crippen LogP contribution in [0.5, 0.6) is 0 Å². The van der Waals surface area contributed by atoms with Crippen molar-refractivity contribution in [2.75, 3.05) is 18.6 Å². The Morgan fingerprint density at radius 2 is 2.19 bits per heavy atom. The number of aromatic nitrogens is 1. The molecule has 1 rings (SSSR count). The third-order valence-corrected chi connectivity index (χ3v) is 1.98. The number of hydrogen-bond acceptors (Lipinski definition) is 4. The minimum atomic E-state index is -1.06. The summed E-state index contributed by atoms with van der Waals surface area (Å²) in [7, 11) is 1.27. The zero-order valence-electron chi connectivity index (χ0n) is 9.01. The van der Waals surface area contributed by atoms with Crippen LogP contribution in [0.1, 0.15) is 17.3 Å². The summed E-state index contributed by atoms with van der Waals surface area (Å²) in [5.74, 6) is -0.695. The second kappa shape index (κ2) is 5.11. The van der Waals surface area contributed by atoms with Gasteiger partial charge in [0.1, 0.15) is 5.82 Å². The van der Waals surface area contributed by atoms with Crippen molar-refractivity contribution < 1.29 is 19.4 Å². The lowest BCUT2D eigenvalue weighted by Crippen LogP contribution is -2.31. The zero-order chi connectivity index (χ0) is 12.1. The maximum atomic E-state index is 11.3. The average molecular weight is 224 g/mol. The molecule has 16 heavy (non-hydrogen) atoms. The normalized spacial score (nSPS) is 9.62. The first-order valence-corrected chi connectivity index (χ1v) is 4.65. The molecule has 0 radical (unpaired) electrons. The largest absolute Gasteiger partial charge is 0.478 e. The number of amides is 1. The molecule has 1 amide bonds. The van der Waals surface area contributed by atoms with Crippen LogP contribution in [0, 0.1) is 0 Å². The Balaban J connectivity index is 2.95. The molecule has 1 aromatic rings. The summed E-state index contributed by atoms with van der Waals surface area (Å²) in [6.07, 6.45) is 0.668. The highest BCUT2D eigenvalue weighted by atomic mass is 16.5. The van der Waals surface area contributed by atoms with Crippen molar-refractivity contribution in [1.82, 2.24) is 4.98 Å². The number of ether oxygens (including phenoxy) is 1. The second-order valence-corrected chi connectivity index (χ2v) is 2.92. The number of hydrogen-bond donors (Lipinski definition) is 1. The van der Waals surface area contributed by atoms with Crippen LogP contribution < -0.4 is 4.90 Å². The average Bonchev–Trinajstić information content (AvgIpc) is 2.30. The van der Waals surface area contributed by atoms with Crippen molar-refractivity contribution in [2.24, 2.45) is 0 Å². The van der Waals surface area contributed by atoms with Gasteiger partial charge < -0.3 is 9.84 Å². The van der Waals surface area contributed by atoms with E-state index in [1.807, 2.05) is 0 Å². The fourth-order valence-electron chi connectivity index (χ4n) is 1.17. The third-order valence-electron chi connectivity index (χ3n) is 1.98. The molecular weight excluding hydrogens is 212 g/mol. The second-order valence-electron chi connectivity index (χ2n) is 2.92. The smallest absolute Gasteiger partial charge is 0.415 e. The van der Waals surface area contributed by atoms with Crippen LogP contribution in [0.15, 0.2) is 18.3 Å². The van der Waals surface area contributed by atoms with E-state index in [0.717, 1.165) is 0 Å². The molecule has 1 heterocycles. The van der Waals surface area contributed by atoms with Crippen molar-refractivity contribution in [3.8, 4) is 0 Å². The zero-order valence-corrected chi connectivity index (χ0v) is 9.01. The topological polar surface area (TPSA) is 79.7 Å². The lowest BCUT2D eigenvalue weighted by atomic mass is 10.3. The Hall–Kier alpha value is -2.11. The predicted molar refractivity (Wildman–Crippen MR) is 56.6 cm³/mol. The van der Waals surface area contributed by atoms with E-state index in [4.69, 9.17) is 5.11 Å². The fourth-order valence-corrected chi connectivity index (χ4v) is 1.17. The quantitative estimate of drug-likeness (QED) is 0.838. The van der Waals surface area contributed by atoms with Crippen LogP contribution in [0.3, 0.4) is 0 Å². The molecule has 0 aliphatic heterocycles. The van der Waals surface area contributed by atoms with E-state index in [9.17, 15) is 9.59 Å². The number of carbonyl (C=O) groups is 2. The molecule has 6 heteroatoms. The lowest BCUT2D eigenvalue weighted by molar-refractivity contribution is 0.0696. The summed E-state index contributed by atoms with van der Waals surface area (Å²) in [5.41, 5.74) is 0.0738. The summed E-state index contributed by atoms with van der Waals surface area (Å²) in [6, 6.07) is 2.85. The monoisotopic (exact) mass is 224 g/mol. The number of aromatic carboxylic acids is 1. The van der Waals surface area contributed by atoms with Gasteiger partial charge >= 0.3 is 12.1 Å². The molecule has 86 valence electrons. The van der Waals surface area contributed by atoms with Crippen LogP contribution in [-0.2, 0) is 4.74 Å². The first kappa shape index (κ1) is 12.0. The lowest BCUT2D eigenvalue weighted by Gasteiger charge is -2.17. The SMILES string of the molecule is CCN(C(=O)OC)c1ccc(C(=O)O)cn1. The number of carboxylic acids is 1. The number of pyridine rings is 1. The molecular formula is C10H12N2O4. The highest BCUT2D eigenvalue weighted by Gasteiger charge is 2.15. The highest BCUT2D eigenvalue weighted by Crippen LogP contribution is 2.12. The van der Waals surface area contributed by atoms with Gasteiger partial charge in [0.2, 0.25) is 0 Å². The van der Waals surface area contributed by atoms with E-state index in [1.165, 1.54) is 30.3 Å². The van der Waals surface area contributed by atoms with Gasteiger partial charge in [-0.3, -0.25) is 4.90 Å². The summed E-state index contributed by atoms with van der Waals surface area (Å²) in [4.78, 5) is 27.1. The first-order valence-electron chi connectivity index (χ1n) is 4.65. The van der Waals surface area contributed by atoms with Crippen LogP contribution in [0.4, 0.5) is 10.6 Å². The fraction of sp³-hybridized carbons (Fsp3) is 0.300. The van der Waals surface area contributed by atoms with Crippen LogP contribution in [0.2, 0.25) is 0 Å². The molecule has 0 atom stereocenters. The minimum absolute atomic E-state index is 0.0738. The summed E-state index contributed by atoms with van der Waals surface area (Å²) < 4.78 is 4.57. The van der Waals surface area contributed by atoms with E-state index in [2.05, 4.69) is 9.72 Å². The predicted octanol–water partition coefficient (Wildman–Crippen LogP) is 1.37. The van der Waals surface area contributed by atoms with Gasteiger partial charge in [0.15, 0.2) is 0 Å². The molecule has 1 aromatic heterocycles. The van der Waals surface area contributed by atoms with Crippen molar-refractivity contribution in [1.29, 1.82) is 0 Å². The molecule has 0 aliphatic carbocycles. The molecule has 0 fully saturated rings. The number of nitrogens with zero attached hydrogens (tertiary/aromatic N) is 2. The first-order chi connectivity index (χ1) is 7.60. The molecule has 0 bridgehead atoms. The van der Waals surface area contributed by atoms with E-state index in [0.29, 0.717) is 12.4 Å². The summed E-state index contributed by atoms with van der Waals surface area (Å²) >= 11 is 0. The maximum Gasteiger partial charge on any atom is 0.415 e. The number of rotatable bonds is 3. The van der Waals surface area contributed by atoms with E-state index in [1.54, 1.807) is 6.92 Å². The molecule has 0 unspecified atom stereocenters.